The van der Waals surface area contributed by atoms with E-state index < -0.39 is 0 Å². The van der Waals surface area contributed by atoms with Crippen LogP contribution in [0, 0.1) is 11.8 Å². The van der Waals surface area contributed by atoms with Gasteiger partial charge in [-0.05, 0) is 62.8 Å². The molecule has 1 saturated heterocycles. The normalized spacial score (nSPS) is 21.4. The molecule has 0 aromatic heterocycles. The number of benzene rings is 1. The minimum absolute atomic E-state index is 0.167. The smallest absolute Gasteiger partial charge is 0.182 e. The molecule has 2 aliphatic rings. The SMILES string of the molecule is C=C(OC(C)C)N1CCC(/C(=C/c2ccc(N)c(Cl)c2)CC2CCCCC2)C1. The summed E-state index contributed by atoms with van der Waals surface area (Å²) < 4.78 is 5.84. The maximum absolute atomic E-state index is 6.27. The van der Waals surface area contributed by atoms with Gasteiger partial charge in [-0.1, -0.05) is 61.4 Å². The van der Waals surface area contributed by atoms with E-state index >= 15 is 0 Å². The van der Waals surface area contributed by atoms with Crippen LogP contribution in [0.5, 0.6) is 0 Å². The lowest BCUT2D eigenvalue weighted by atomic mass is 9.81. The molecule has 1 aliphatic carbocycles. The van der Waals surface area contributed by atoms with Crippen LogP contribution < -0.4 is 5.73 Å². The summed E-state index contributed by atoms with van der Waals surface area (Å²) in [6.45, 7) is 10.3. The van der Waals surface area contributed by atoms with Crippen molar-refractivity contribution < 1.29 is 4.74 Å². The van der Waals surface area contributed by atoms with Crippen LogP contribution >= 0.6 is 11.6 Å². The average Bonchev–Trinajstić information content (AvgIpc) is 3.15. The van der Waals surface area contributed by atoms with Crippen LogP contribution in [-0.2, 0) is 4.74 Å². The van der Waals surface area contributed by atoms with Gasteiger partial charge in [-0.2, -0.15) is 0 Å². The zero-order valence-corrected chi connectivity index (χ0v) is 18.2. The van der Waals surface area contributed by atoms with Crippen LogP contribution in [0.1, 0.15) is 64.4 Å². The maximum Gasteiger partial charge on any atom is 0.182 e. The second-order valence-corrected chi connectivity index (χ2v) is 9.11. The third kappa shape index (κ3) is 5.70. The first-order valence-electron chi connectivity index (χ1n) is 10.8. The van der Waals surface area contributed by atoms with Crippen molar-refractivity contribution in [2.45, 2.75) is 64.9 Å². The fourth-order valence-corrected chi connectivity index (χ4v) is 4.74. The van der Waals surface area contributed by atoms with Gasteiger partial charge in [0.1, 0.15) is 0 Å². The molecular formula is C24H35ClN2O. The first-order valence-corrected chi connectivity index (χ1v) is 11.2. The summed E-state index contributed by atoms with van der Waals surface area (Å²) in [5.41, 5.74) is 9.24. The number of nitrogens with zero attached hydrogens (tertiary/aromatic N) is 1. The maximum atomic E-state index is 6.27. The van der Waals surface area contributed by atoms with Gasteiger partial charge in [0.2, 0.25) is 0 Å². The first-order chi connectivity index (χ1) is 13.4. The number of nitrogen functional groups attached to an aromatic ring is 1. The average molecular weight is 403 g/mol. The molecule has 2 fully saturated rings. The fraction of sp³-hybridized carbons (Fsp3) is 0.583. The lowest BCUT2D eigenvalue weighted by molar-refractivity contribution is 0.0812. The fourth-order valence-electron chi connectivity index (χ4n) is 4.55. The van der Waals surface area contributed by atoms with Gasteiger partial charge in [0.15, 0.2) is 5.88 Å². The second kappa shape index (κ2) is 9.73. The minimum atomic E-state index is 0.167. The molecule has 3 rings (SSSR count). The molecule has 1 unspecified atom stereocenters. The Morgan fingerprint density at radius 3 is 2.71 bits per heavy atom. The molecule has 0 radical (unpaired) electrons. The molecule has 1 atom stereocenters. The highest BCUT2D eigenvalue weighted by Gasteiger charge is 2.29. The Labute approximate surface area is 175 Å². The van der Waals surface area contributed by atoms with Gasteiger partial charge in [-0.15, -0.1) is 0 Å². The molecular weight excluding hydrogens is 368 g/mol. The van der Waals surface area contributed by atoms with Gasteiger partial charge >= 0.3 is 0 Å². The summed E-state index contributed by atoms with van der Waals surface area (Å²) in [7, 11) is 0. The summed E-state index contributed by atoms with van der Waals surface area (Å²) >= 11 is 6.27. The third-order valence-electron chi connectivity index (χ3n) is 6.06. The molecule has 2 N–H and O–H groups in total. The van der Waals surface area contributed by atoms with E-state index in [1.165, 1.54) is 38.5 Å². The molecule has 1 saturated carbocycles. The van der Waals surface area contributed by atoms with Crippen LogP contribution in [-0.4, -0.2) is 24.1 Å². The van der Waals surface area contributed by atoms with Crippen molar-refractivity contribution >= 4 is 23.4 Å². The van der Waals surface area contributed by atoms with E-state index in [0.717, 1.165) is 36.9 Å². The molecule has 0 bridgehead atoms. The van der Waals surface area contributed by atoms with Crippen LogP contribution in [0.4, 0.5) is 5.69 Å². The minimum Gasteiger partial charge on any atom is -0.477 e. The molecule has 28 heavy (non-hydrogen) atoms. The van der Waals surface area contributed by atoms with Crippen molar-refractivity contribution in [3.05, 3.63) is 46.8 Å². The first kappa shape index (κ1) is 21.1. The molecule has 1 aromatic rings. The highest BCUT2D eigenvalue weighted by atomic mass is 35.5. The van der Waals surface area contributed by atoms with Gasteiger partial charge in [0.25, 0.3) is 0 Å². The van der Waals surface area contributed by atoms with Gasteiger partial charge < -0.3 is 15.4 Å². The number of likely N-dealkylation sites (tertiary alicyclic amines) is 1. The molecule has 3 nitrogen and oxygen atoms in total. The summed E-state index contributed by atoms with van der Waals surface area (Å²) in [5.74, 6) is 2.17. The number of hydrogen-bond acceptors (Lipinski definition) is 3. The largest absolute Gasteiger partial charge is 0.477 e. The van der Waals surface area contributed by atoms with Crippen molar-refractivity contribution in [3.63, 3.8) is 0 Å². The highest BCUT2D eigenvalue weighted by Crippen LogP contribution is 2.36. The zero-order chi connectivity index (χ0) is 20.1. The second-order valence-electron chi connectivity index (χ2n) is 8.70. The summed E-state index contributed by atoms with van der Waals surface area (Å²) in [5, 5.41) is 0.637. The Bertz CT molecular complexity index is 707. The molecule has 4 heteroatoms. The monoisotopic (exact) mass is 402 g/mol. The standard InChI is InChI=1S/C24H35ClN2O/c1-17(2)28-18(3)27-12-11-21(16-27)22(13-19-7-5-4-6-8-19)14-20-9-10-24(26)23(25)15-20/h9-10,14-15,17,19,21H,3-8,11-13,16,26H2,1-2H3/b22-14+. The van der Waals surface area contributed by atoms with E-state index in [-0.39, 0.29) is 6.10 Å². The summed E-state index contributed by atoms with van der Waals surface area (Å²) in [4.78, 5) is 2.30. The van der Waals surface area contributed by atoms with E-state index in [1.807, 2.05) is 12.1 Å². The van der Waals surface area contributed by atoms with Crippen LogP contribution in [0.25, 0.3) is 6.08 Å². The Morgan fingerprint density at radius 1 is 1.29 bits per heavy atom. The van der Waals surface area contributed by atoms with E-state index in [2.05, 4.69) is 37.5 Å². The van der Waals surface area contributed by atoms with E-state index in [4.69, 9.17) is 22.1 Å². The Balaban J connectivity index is 1.76. The van der Waals surface area contributed by atoms with Crippen molar-refractivity contribution in [2.75, 3.05) is 18.8 Å². The van der Waals surface area contributed by atoms with Crippen molar-refractivity contribution in [2.24, 2.45) is 11.8 Å². The molecule has 0 spiro atoms. The van der Waals surface area contributed by atoms with Crippen molar-refractivity contribution in [3.8, 4) is 0 Å². The number of anilines is 1. The van der Waals surface area contributed by atoms with E-state index in [0.29, 0.717) is 16.6 Å². The predicted molar refractivity (Wildman–Crippen MR) is 120 cm³/mol. The van der Waals surface area contributed by atoms with Crippen molar-refractivity contribution in [1.82, 2.24) is 4.90 Å². The van der Waals surface area contributed by atoms with Crippen LogP contribution in [0.15, 0.2) is 36.2 Å². The van der Waals surface area contributed by atoms with Gasteiger partial charge in [-0.25, -0.2) is 0 Å². The Morgan fingerprint density at radius 2 is 2.04 bits per heavy atom. The lowest BCUT2D eigenvalue weighted by Crippen LogP contribution is -2.23. The number of rotatable bonds is 7. The van der Waals surface area contributed by atoms with Gasteiger partial charge in [-0.3, -0.25) is 0 Å². The van der Waals surface area contributed by atoms with E-state index in [9.17, 15) is 0 Å². The third-order valence-corrected chi connectivity index (χ3v) is 6.39. The summed E-state index contributed by atoms with van der Waals surface area (Å²) in [6.07, 6.45) is 11.7. The van der Waals surface area contributed by atoms with Crippen molar-refractivity contribution in [1.29, 1.82) is 0 Å². The van der Waals surface area contributed by atoms with Crippen LogP contribution in [0.3, 0.4) is 0 Å². The highest BCUT2D eigenvalue weighted by molar-refractivity contribution is 6.33. The topological polar surface area (TPSA) is 38.5 Å². The number of halogens is 1. The van der Waals surface area contributed by atoms with E-state index in [1.54, 1.807) is 5.57 Å². The number of hydrogen-bond donors (Lipinski definition) is 1. The lowest BCUT2D eigenvalue weighted by Gasteiger charge is -2.26. The van der Waals surface area contributed by atoms with Gasteiger partial charge in [0, 0.05) is 13.1 Å². The zero-order valence-electron chi connectivity index (χ0n) is 17.4. The Hall–Kier alpha value is -1.61. The molecule has 1 aromatic carbocycles. The summed E-state index contributed by atoms with van der Waals surface area (Å²) in [6, 6.07) is 5.98. The molecule has 154 valence electrons. The molecule has 0 amide bonds. The van der Waals surface area contributed by atoms with Crippen LogP contribution in [0.2, 0.25) is 5.02 Å². The number of ether oxygens (including phenoxy) is 1. The Kier molecular flexibility index (Phi) is 7.34. The molecule has 1 heterocycles. The van der Waals surface area contributed by atoms with Gasteiger partial charge in [0.05, 0.1) is 16.8 Å². The predicted octanol–water partition coefficient (Wildman–Crippen LogP) is 6.49. The quantitative estimate of drug-likeness (QED) is 0.418. The molecule has 1 aliphatic heterocycles. The number of nitrogens with two attached hydrogens (primary N) is 1.